The molecule has 0 aliphatic rings. The first-order valence-electron chi connectivity index (χ1n) is 30.1. The summed E-state index contributed by atoms with van der Waals surface area (Å²) in [7, 11) is 0. The molecule has 0 atom stereocenters. The highest BCUT2D eigenvalue weighted by Gasteiger charge is 2.26. The predicted molar refractivity (Wildman–Crippen MR) is 368 cm³/mol. The van der Waals surface area contributed by atoms with Gasteiger partial charge in [0.1, 0.15) is 0 Å². The van der Waals surface area contributed by atoms with Crippen LogP contribution in [0.1, 0.15) is 44.5 Å². The number of fused-ring (bicyclic) bond motifs is 6. The summed E-state index contributed by atoms with van der Waals surface area (Å²) in [6, 6.07) is 91.7. The van der Waals surface area contributed by atoms with E-state index in [1.54, 1.807) is 79.0 Å². The van der Waals surface area contributed by atoms with E-state index >= 15 is 0 Å². The van der Waals surface area contributed by atoms with Crippen LogP contribution in [0.5, 0.6) is 0 Å². The monoisotopic (exact) mass is 1220 g/mol. The lowest BCUT2D eigenvalue weighted by atomic mass is 9.95. The maximum atomic E-state index is 10.5. The van der Waals surface area contributed by atoms with Gasteiger partial charge in [-0.15, -0.1) is 0 Å². The summed E-state index contributed by atoms with van der Waals surface area (Å²) in [5.41, 5.74) is 16.1. The molecule has 14 nitrogen and oxygen atoms in total. The minimum absolute atomic E-state index is 0.332. The molecule has 0 bridgehead atoms. The zero-order chi connectivity index (χ0) is 65.6. The molecule has 0 N–H and O–H groups in total. The molecule has 4 aromatic heterocycles. The average molecular weight is 1220 g/mol. The number of pyridine rings is 1. The van der Waals surface area contributed by atoms with Crippen LogP contribution in [0.4, 0.5) is 0 Å². The first kappa shape index (κ1) is 57.5. The number of hydrogen-bond donors (Lipinski definition) is 0. The van der Waals surface area contributed by atoms with E-state index in [1.807, 2.05) is 158 Å². The fourth-order valence-electron chi connectivity index (χ4n) is 12.9. The number of aromatic nitrogens is 6. The Morgan fingerprint density at radius 2 is 0.583 bits per heavy atom. The highest BCUT2D eigenvalue weighted by molar-refractivity contribution is 6.14. The van der Waals surface area contributed by atoms with Gasteiger partial charge in [0.25, 0.3) is 0 Å². The number of nitriles is 8. The third-order valence-corrected chi connectivity index (χ3v) is 17.3. The van der Waals surface area contributed by atoms with Crippen molar-refractivity contribution in [2.75, 3.05) is 0 Å². The molecule has 0 saturated heterocycles. The van der Waals surface area contributed by atoms with Crippen LogP contribution in [-0.2, 0) is 0 Å². The Morgan fingerprint density at radius 1 is 0.250 bits per heavy atom. The molecule has 0 radical (unpaired) electrons. The zero-order valence-corrected chi connectivity index (χ0v) is 50.4. The van der Waals surface area contributed by atoms with E-state index in [0.717, 1.165) is 77.0 Å². The molecule has 14 heteroatoms. The molecule has 438 valence electrons. The van der Waals surface area contributed by atoms with Crippen LogP contribution < -0.4 is 0 Å². The molecule has 15 aromatic rings. The lowest BCUT2D eigenvalue weighted by molar-refractivity contribution is 1.07. The standard InChI is InChI=1S/C82H40N14/c83-41-49-13-22-64(60(32-49)45-87)55-17-26-73-68(36-55)69-37-56(65-23-14-50(42-84)33-61(65)46-88)18-27-74(69)95(73)77-30-21-59(82-93-80(53-8-3-1-4-9-53)92-81(94-82)54-10-5-2-6-11-54)40-72(77)79-78(12-7-31-91-79)96-75-28-19-57(66-24-15-51(43-85)34-62(66)47-89)38-70(75)71-39-58(20-29-76(71)96)67-25-16-52(44-86)35-63(67)48-90/h1-40H. The molecule has 4 heterocycles. The first-order chi connectivity index (χ1) is 47.2. The van der Waals surface area contributed by atoms with Crippen LogP contribution in [0.3, 0.4) is 0 Å². The average Bonchev–Trinajstić information content (AvgIpc) is 1.56. The van der Waals surface area contributed by atoms with Crippen molar-refractivity contribution in [2.45, 2.75) is 0 Å². The van der Waals surface area contributed by atoms with Crippen molar-refractivity contribution in [1.29, 1.82) is 42.1 Å². The minimum atomic E-state index is 0.332. The van der Waals surface area contributed by atoms with Gasteiger partial charge in [0.05, 0.1) is 132 Å². The zero-order valence-electron chi connectivity index (χ0n) is 50.4. The minimum Gasteiger partial charge on any atom is -0.309 e. The molecule has 0 amide bonds. The fraction of sp³-hybridized carbons (Fsp3) is 0. The van der Waals surface area contributed by atoms with Gasteiger partial charge in [-0.2, -0.15) is 42.1 Å². The Labute approximate surface area is 549 Å². The molecule has 0 saturated carbocycles. The molecular formula is C82H40N14. The third-order valence-electron chi connectivity index (χ3n) is 17.3. The summed E-state index contributed by atoms with van der Waals surface area (Å²) < 4.78 is 4.34. The van der Waals surface area contributed by atoms with Crippen molar-refractivity contribution in [3.63, 3.8) is 0 Å². The maximum Gasteiger partial charge on any atom is 0.164 e. The SMILES string of the molecule is N#Cc1ccc(-c2ccc3c(c2)c2cc(-c4ccc(C#N)cc4C#N)ccc2n3-c2ccc(-c3nc(-c4ccccc4)nc(-c4ccccc4)n3)cc2-c2ncccc2-n2c3ccc(-c4ccc(C#N)cc4C#N)cc3c3cc(-c4ccc(C#N)cc4C#N)ccc32)c(C#N)c1. The highest BCUT2D eigenvalue weighted by atomic mass is 15.0. The molecule has 0 spiro atoms. The van der Waals surface area contributed by atoms with Gasteiger partial charge in [-0.05, 0) is 172 Å². The molecular weight excluding hydrogens is 1180 g/mol. The van der Waals surface area contributed by atoms with Crippen molar-refractivity contribution < 1.29 is 0 Å². The number of rotatable bonds is 10. The molecule has 96 heavy (non-hydrogen) atoms. The Balaban J connectivity index is 1.03. The van der Waals surface area contributed by atoms with E-state index in [4.69, 9.17) is 19.9 Å². The Morgan fingerprint density at radius 3 is 0.927 bits per heavy atom. The number of hydrogen-bond acceptors (Lipinski definition) is 12. The van der Waals surface area contributed by atoms with Crippen LogP contribution in [0, 0.1) is 90.6 Å². The Bertz CT molecular complexity index is 5880. The van der Waals surface area contributed by atoms with Gasteiger partial charge in [0.15, 0.2) is 17.5 Å². The van der Waals surface area contributed by atoms with Gasteiger partial charge < -0.3 is 9.13 Å². The van der Waals surface area contributed by atoms with Gasteiger partial charge >= 0.3 is 0 Å². The topological polar surface area (TPSA) is 252 Å². The largest absolute Gasteiger partial charge is 0.309 e. The first-order valence-corrected chi connectivity index (χ1v) is 30.1. The second-order valence-corrected chi connectivity index (χ2v) is 22.7. The van der Waals surface area contributed by atoms with Gasteiger partial charge in [0.2, 0.25) is 0 Å². The molecule has 0 fully saturated rings. The Kier molecular flexibility index (Phi) is 14.3. The number of nitrogens with zero attached hydrogens (tertiary/aromatic N) is 14. The van der Waals surface area contributed by atoms with Crippen LogP contribution in [0.25, 0.3) is 145 Å². The fourth-order valence-corrected chi connectivity index (χ4v) is 12.9. The van der Waals surface area contributed by atoms with Crippen LogP contribution in [0.2, 0.25) is 0 Å². The van der Waals surface area contributed by atoms with Crippen molar-refractivity contribution in [1.82, 2.24) is 29.1 Å². The van der Waals surface area contributed by atoms with Crippen LogP contribution >= 0.6 is 0 Å². The normalized spacial score (nSPS) is 10.8. The maximum absolute atomic E-state index is 10.5. The van der Waals surface area contributed by atoms with Gasteiger partial charge in [0, 0.05) is 50.0 Å². The van der Waals surface area contributed by atoms with Crippen molar-refractivity contribution in [3.8, 4) is 150 Å². The van der Waals surface area contributed by atoms with Gasteiger partial charge in [-0.1, -0.05) is 109 Å². The molecule has 0 aliphatic carbocycles. The summed E-state index contributed by atoms with van der Waals surface area (Å²) in [4.78, 5) is 20.8. The summed E-state index contributed by atoms with van der Waals surface area (Å²) >= 11 is 0. The summed E-state index contributed by atoms with van der Waals surface area (Å²) in [6.45, 7) is 0. The smallest absolute Gasteiger partial charge is 0.164 e. The summed E-state index contributed by atoms with van der Waals surface area (Å²) in [5.74, 6) is 1.33. The van der Waals surface area contributed by atoms with E-state index in [2.05, 4.69) is 63.8 Å². The quantitative estimate of drug-likeness (QED) is 0.124. The van der Waals surface area contributed by atoms with Crippen molar-refractivity contribution >= 4 is 43.6 Å². The number of benzene rings is 11. The van der Waals surface area contributed by atoms with E-state index in [1.165, 1.54) is 0 Å². The van der Waals surface area contributed by atoms with E-state index in [0.29, 0.717) is 112 Å². The highest BCUT2D eigenvalue weighted by Crippen LogP contribution is 2.45. The molecule has 15 rings (SSSR count). The van der Waals surface area contributed by atoms with Gasteiger partial charge in [-0.25, -0.2) is 15.0 Å². The van der Waals surface area contributed by atoms with E-state index in [9.17, 15) is 42.1 Å². The van der Waals surface area contributed by atoms with Crippen molar-refractivity contribution in [2.24, 2.45) is 0 Å². The van der Waals surface area contributed by atoms with Gasteiger partial charge in [-0.3, -0.25) is 4.98 Å². The van der Waals surface area contributed by atoms with E-state index < -0.39 is 0 Å². The lowest BCUT2D eigenvalue weighted by Crippen LogP contribution is -2.04. The van der Waals surface area contributed by atoms with Crippen LogP contribution in [0.15, 0.2) is 243 Å². The lowest BCUT2D eigenvalue weighted by Gasteiger charge is -2.19. The predicted octanol–water partition coefficient (Wildman–Crippen LogP) is 17.8. The second kappa shape index (κ2) is 23.8. The van der Waals surface area contributed by atoms with E-state index in [-0.39, 0.29) is 0 Å². The Hall–Kier alpha value is -14.9. The molecule has 11 aromatic carbocycles. The molecule has 0 unspecified atom stereocenters. The van der Waals surface area contributed by atoms with Crippen molar-refractivity contribution in [3.05, 3.63) is 287 Å². The second-order valence-electron chi connectivity index (χ2n) is 22.7. The third kappa shape index (κ3) is 9.87. The summed E-state index contributed by atoms with van der Waals surface area (Å²) in [6.07, 6.45) is 1.76. The van der Waals surface area contributed by atoms with Crippen LogP contribution in [-0.4, -0.2) is 29.1 Å². The summed E-state index contributed by atoms with van der Waals surface area (Å²) in [5, 5.41) is 84.6. The molecule has 0 aliphatic heterocycles.